The Morgan fingerprint density at radius 3 is 2.71 bits per heavy atom. The molecule has 1 aliphatic rings. The molecule has 1 saturated heterocycles. The van der Waals surface area contributed by atoms with Gasteiger partial charge in [-0.15, -0.1) is 0 Å². The molecule has 0 amide bonds. The first-order valence-corrected chi connectivity index (χ1v) is 6.90. The lowest BCUT2D eigenvalue weighted by molar-refractivity contribution is 0.427. The minimum atomic E-state index is -3.66. The van der Waals surface area contributed by atoms with Crippen LogP contribution in [0.15, 0.2) is 23.4 Å². The number of rotatable bonds is 3. The predicted molar refractivity (Wildman–Crippen MR) is 60.4 cm³/mol. The van der Waals surface area contributed by atoms with Crippen LogP contribution in [0.1, 0.15) is 12.8 Å². The third-order valence-corrected chi connectivity index (χ3v) is 4.14. The summed E-state index contributed by atoms with van der Waals surface area (Å²) in [5.41, 5.74) is 0. The fraction of sp³-hybridized carbons (Fsp3) is 0.500. The second kappa shape index (κ2) is 5.07. The van der Waals surface area contributed by atoms with E-state index in [4.69, 9.17) is 0 Å². The Labute approximate surface area is 99.5 Å². The van der Waals surface area contributed by atoms with E-state index in [1.807, 2.05) is 0 Å². The van der Waals surface area contributed by atoms with Crippen LogP contribution in [0.4, 0.5) is 4.39 Å². The van der Waals surface area contributed by atoms with Gasteiger partial charge in [0.2, 0.25) is 10.0 Å². The maximum Gasteiger partial charge on any atom is 0.242 e. The van der Waals surface area contributed by atoms with Crippen LogP contribution in [0.3, 0.4) is 0 Å². The molecule has 1 aromatic heterocycles. The Kier molecular flexibility index (Phi) is 3.70. The van der Waals surface area contributed by atoms with E-state index in [1.165, 1.54) is 0 Å². The highest BCUT2D eigenvalue weighted by Gasteiger charge is 2.22. The summed E-state index contributed by atoms with van der Waals surface area (Å²) in [4.78, 5) is 3.41. The van der Waals surface area contributed by atoms with Gasteiger partial charge in [-0.05, 0) is 32.0 Å². The highest BCUT2D eigenvalue weighted by Crippen LogP contribution is 2.12. The first-order valence-electron chi connectivity index (χ1n) is 5.41. The summed E-state index contributed by atoms with van der Waals surface area (Å²) in [7, 11) is -3.66. The zero-order valence-electron chi connectivity index (χ0n) is 9.19. The molecule has 0 saturated carbocycles. The number of hydrogen-bond donors (Lipinski definition) is 2. The van der Waals surface area contributed by atoms with Crippen molar-refractivity contribution in [3.63, 3.8) is 0 Å². The van der Waals surface area contributed by atoms with Crippen LogP contribution in [0, 0.1) is 5.82 Å². The molecule has 5 nitrogen and oxygen atoms in total. The fourth-order valence-corrected chi connectivity index (χ4v) is 3.04. The largest absolute Gasteiger partial charge is 0.317 e. The first kappa shape index (κ1) is 12.4. The standard InChI is InChI=1S/C10H14FN3O2S/c11-8-5-10(7-13-6-8)17(15,16)14-9-1-3-12-4-2-9/h5-7,9,12,14H,1-4H2. The van der Waals surface area contributed by atoms with Gasteiger partial charge in [0.15, 0.2) is 0 Å². The summed E-state index contributed by atoms with van der Waals surface area (Å²) >= 11 is 0. The summed E-state index contributed by atoms with van der Waals surface area (Å²) in [5, 5.41) is 3.14. The zero-order chi connectivity index (χ0) is 12.3. The number of pyridine rings is 1. The third kappa shape index (κ3) is 3.21. The van der Waals surface area contributed by atoms with Crippen LogP contribution in [0.2, 0.25) is 0 Å². The van der Waals surface area contributed by atoms with E-state index in [0.29, 0.717) is 0 Å². The molecule has 1 aromatic rings. The van der Waals surface area contributed by atoms with Crippen molar-refractivity contribution in [3.8, 4) is 0 Å². The van der Waals surface area contributed by atoms with E-state index in [2.05, 4.69) is 15.0 Å². The molecule has 1 aliphatic heterocycles. The van der Waals surface area contributed by atoms with Crippen LogP contribution >= 0.6 is 0 Å². The fourth-order valence-electron chi connectivity index (χ4n) is 1.77. The molecule has 0 aromatic carbocycles. The van der Waals surface area contributed by atoms with E-state index < -0.39 is 15.8 Å². The highest BCUT2D eigenvalue weighted by molar-refractivity contribution is 7.89. The normalized spacial score (nSPS) is 18.2. The summed E-state index contributed by atoms with van der Waals surface area (Å²) in [6.07, 6.45) is 3.60. The maximum absolute atomic E-state index is 12.9. The quantitative estimate of drug-likeness (QED) is 0.816. The van der Waals surface area contributed by atoms with Gasteiger partial charge in [-0.1, -0.05) is 0 Å². The Morgan fingerprint density at radius 1 is 1.35 bits per heavy atom. The number of nitrogens with one attached hydrogen (secondary N) is 2. The monoisotopic (exact) mass is 259 g/mol. The molecule has 7 heteroatoms. The molecule has 94 valence electrons. The van der Waals surface area contributed by atoms with Crippen LogP contribution in [0.5, 0.6) is 0 Å². The molecule has 2 rings (SSSR count). The average Bonchev–Trinajstić information content (AvgIpc) is 2.30. The summed E-state index contributed by atoms with van der Waals surface area (Å²) in [6, 6.07) is 0.876. The van der Waals surface area contributed by atoms with E-state index in [-0.39, 0.29) is 10.9 Å². The Morgan fingerprint density at radius 2 is 2.06 bits per heavy atom. The van der Waals surface area contributed by atoms with Crippen molar-refractivity contribution in [1.29, 1.82) is 0 Å². The van der Waals surface area contributed by atoms with Gasteiger partial charge in [0.1, 0.15) is 10.7 Å². The first-order chi connectivity index (χ1) is 8.08. The lowest BCUT2D eigenvalue weighted by atomic mass is 10.1. The topological polar surface area (TPSA) is 71.1 Å². The maximum atomic E-state index is 12.9. The molecule has 1 fully saturated rings. The highest BCUT2D eigenvalue weighted by atomic mass is 32.2. The van der Waals surface area contributed by atoms with Gasteiger partial charge < -0.3 is 5.32 Å². The molecule has 0 aliphatic carbocycles. The number of hydrogen-bond acceptors (Lipinski definition) is 4. The van der Waals surface area contributed by atoms with Gasteiger partial charge in [-0.2, -0.15) is 0 Å². The van der Waals surface area contributed by atoms with Crippen LogP contribution in [0.25, 0.3) is 0 Å². The molecule has 0 bridgehead atoms. The number of aromatic nitrogens is 1. The van der Waals surface area contributed by atoms with Crippen LogP contribution in [-0.2, 0) is 10.0 Å². The van der Waals surface area contributed by atoms with E-state index >= 15 is 0 Å². The average molecular weight is 259 g/mol. The Hall–Kier alpha value is -1.05. The Balaban J connectivity index is 2.13. The molecule has 2 heterocycles. The second-order valence-electron chi connectivity index (χ2n) is 3.98. The summed E-state index contributed by atoms with van der Waals surface area (Å²) in [5.74, 6) is -0.654. The summed E-state index contributed by atoms with van der Waals surface area (Å²) in [6.45, 7) is 1.57. The van der Waals surface area contributed by atoms with Gasteiger partial charge in [-0.25, -0.2) is 17.5 Å². The van der Waals surface area contributed by atoms with Gasteiger partial charge in [0, 0.05) is 12.2 Å². The van der Waals surface area contributed by atoms with Crippen LogP contribution in [-0.4, -0.2) is 32.5 Å². The molecule has 17 heavy (non-hydrogen) atoms. The third-order valence-electron chi connectivity index (χ3n) is 2.65. The van der Waals surface area contributed by atoms with Crippen molar-refractivity contribution < 1.29 is 12.8 Å². The molecule has 0 radical (unpaired) electrons. The van der Waals surface area contributed by atoms with E-state index in [9.17, 15) is 12.8 Å². The van der Waals surface area contributed by atoms with Gasteiger partial charge in [0.05, 0.1) is 6.20 Å². The molecular formula is C10H14FN3O2S. The number of halogens is 1. The van der Waals surface area contributed by atoms with Gasteiger partial charge in [-0.3, -0.25) is 4.98 Å². The second-order valence-corrected chi connectivity index (χ2v) is 5.70. The van der Waals surface area contributed by atoms with E-state index in [1.54, 1.807) is 0 Å². The lowest BCUT2D eigenvalue weighted by Crippen LogP contribution is -2.42. The predicted octanol–water partition coefficient (Wildman–Crippen LogP) is 0.251. The molecule has 0 atom stereocenters. The van der Waals surface area contributed by atoms with Crippen LogP contribution < -0.4 is 10.0 Å². The lowest BCUT2D eigenvalue weighted by Gasteiger charge is -2.23. The van der Waals surface area contributed by atoms with E-state index in [0.717, 1.165) is 44.4 Å². The molecular weight excluding hydrogens is 245 g/mol. The summed E-state index contributed by atoms with van der Waals surface area (Å²) < 4.78 is 39.3. The number of sulfonamides is 1. The molecule has 2 N–H and O–H groups in total. The van der Waals surface area contributed by atoms with Crippen molar-refractivity contribution in [1.82, 2.24) is 15.0 Å². The van der Waals surface area contributed by atoms with Crippen molar-refractivity contribution >= 4 is 10.0 Å². The molecule has 0 unspecified atom stereocenters. The smallest absolute Gasteiger partial charge is 0.242 e. The SMILES string of the molecule is O=S(=O)(NC1CCNCC1)c1cncc(F)c1. The number of nitrogens with zero attached hydrogens (tertiary/aromatic N) is 1. The van der Waals surface area contributed by atoms with Gasteiger partial charge in [0.25, 0.3) is 0 Å². The van der Waals surface area contributed by atoms with Crippen molar-refractivity contribution in [2.24, 2.45) is 0 Å². The van der Waals surface area contributed by atoms with Gasteiger partial charge >= 0.3 is 0 Å². The van der Waals surface area contributed by atoms with Crippen molar-refractivity contribution in [2.45, 2.75) is 23.8 Å². The number of piperidine rings is 1. The minimum Gasteiger partial charge on any atom is -0.317 e. The Bertz CT molecular complexity index is 486. The minimum absolute atomic E-state index is 0.0930. The zero-order valence-corrected chi connectivity index (χ0v) is 10.0. The van der Waals surface area contributed by atoms with Crippen molar-refractivity contribution in [2.75, 3.05) is 13.1 Å². The van der Waals surface area contributed by atoms with Crippen molar-refractivity contribution in [3.05, 3.63) is 24.3 Å². The molecule has 0 spiro atoms.